The van der Waals surface area contributed by atoms with Crippen LogP contribution in [-0.2, 0) is 13.1 Å². The minimum atomic E-state index is -0.740. The molecule has 94 valence electrons. The lowest BCUT2D eigenvalue weighted by Gasteiger charge is -2.16. The number of nitrogens with two attached hydrogens (primary N) is 1. The Morgan fingerprint density at radius 2 is 1.82 bits per heavy atom. The van der Waals surface area contributed by atoms with Gasteiger partial charge in [-0.15, -0.1) is 0 Å². The van der Waals surface area contributed by atoms with Crippen molar-refractivity contribution < 1.29 is 14.6 Å². The second-order valence-corrected chi connectivity index (χ2v) is 4.42. The standard InChI is InChI=1S/C12H17FN2O2/c13-12-8(4-14)2-1-3-9(12)5-15-6-10(16)11(17)7-15/h1-3,10-11,16-17H,4-7,14H2. The average molecular weight is 240 g/mol. The number of halogens is 1. The summed E-state index contributed by atoms with van der Waals surface area (Å²) in [5.41, 5.74) is 6.48. The molecule has 1 aromatic carbocycles. The van der Waals surface area contributed by atoms with Gasteiger partial charge in [0.1, 0.15) is 5.82 Å². The van der Waals surface area contributed by atoms with Gasteiger partial charge in [-0.3, -0.25) is 4.90 Å². The van der Waals surface area contributed by atoms with E-state index in [1.165, 1.54) is 0 Å². The van der Waals surface area contributed by atoms with Crippen molar-refractivity contribution in [3.8, 4) is 0 Å². The molecule has 17 heavy (non-hydrogen) atoms. The molecule has 1 heterocycles. The van der Waals surface area contributed by atoms with E-state index in [0.29, 0.717) is 30.8 Å². The zero-order valence-corrected chi connectivity index (χ0v) is 9.51. The summed E-state index contributed by atoms with van der Waals surface area (Å²) in [6.45, 7) is 1.29. The van der Waals surface area contributed by atoms with Crippen molar-refractivity contribution in [2.24, 2.45) is 5.73 Å². The Morgan fingerprint density at radius 3 is 2.41 bits per heavy atom. The molecule has 1 aliphatic heterocycles. The molecule has 1 aromatic rings. The molecule has 0 aromatic heterocycles. The van der Waals surface area contributed by atoms with E-state index in [0.717, 1.165) is 0 Å². The molecule has 0 aliphatic carbocycles. The fourth-order valence-corrected chi connectivity index (χ4v) is 2.13. The van der Waals surface area contributed by atoms with E-state index in [9.17, 15) is 14.6 Å². The predicted octanol–water partition coefficient (Wildman–Crippen LogP) is -0.178. The molecular weight excluding hydrogens is 223 g/mol. The van der Waals surface area contributed by atoms with Crippen LogP contribution in [0.2, 0.25) is 0 Å². The minimum absolute atomic E-state index is 0.172. The Morgan fingerprint density at radius 1 is 1.24 bits per heavy atom. The van der Waals surface area contributed by atoms with Crippen LogP contribution in [-0.4, -0.2) is 40.4 Å². The summed E-state index contributed by atoms with van der Waals surface area (Å²) >= 11 is 0. The molecule has 5 heteroatoms. The molecule has 1 aliphatic rings. The van der Waals surface area contributed by atoms with E-state index >= 15 is 0 Å². The van der Waals surface area contributed by atoms with Gasteiger partial charge in [0.2, 0.25) is 0 Å². The molecule has 2 unspecified atom stereocenters. The average Bonchev–Trinajstić information content (AvgIpc) is 2.61. The normalized spacial score (nSPS) is 25.4. The monoisotopic (exact) mass is 240 g/mol. The van der Waals surface area contributed by atoms with E-state index in [-0.39, 0.29) is 12.4 Å². The van der Waals surface area contributed by atoms with Gasteiger partial charge in [-0.25, -0.2) is 4.39 Å². The molecular formula is C12H17FN2O2. The molecule has 4 N–H and O–H groups in total. The van der Waals surface area contributed by atoms with Crippen LogP contribution in [0.25, 0.3) is 0 Å². The Labute approximate surface area is 99.5 Å². The molecule has 2 atom stereocenters. The zero-order chi connectivity index (χ0) is 12.4. The van der Waals surface area contributed by atoms with Crippen molar-refractivity contribution in [3.05, 3.63) is 35.1 Å². The third kappa shape index (κ3) is 2.63. The maximum absolute atomic E-state index is 13.9. The molecule has 1 saturated heterocycles. The number of nitrogens with zero attached hydrogens (tertiary/aromatic N) is 1. The molecule has 0 amide bonds. The van der Waals surface area contributed by atoms with Gasteiger partial charge in [0.15, 0.2) is 0 Å². The van der Waals surface area contributed by atoms with Crippen molar-refractivity contribution in [3.63, 3.8) is 0 Å². The van der Waals surface area contributed by atoms with Gasteiger partial charge in [0.05, 0.1) is 12.2 Å². The first kappa shape index (κ1) is 12.4. The van der Waals surface area contributed by atoms with E-state index < -0.39 is 12.2 Å². The van der Waals surface area contributed by atoms with Crippen LogP contribution in [0.15, 0.2) is 18.2 Å². The second kappa shape index (κ2) is 5.10. The quantitative estimate of drug-likeness (QED) is 0.685. The van der Waals surface area contributed by atoms with Gasteiger partial charge in [-0.2, -0.15) is 0 Å². The maximum atomic E-state index is 13.9. The van der Waals surface area contributed by atoms with E-state index in [1.807, 2.05) is 4.90 Å². The highest BCUT2D eigenvalue weighted by Gasteiger charge is 2.29. The number of aliphatic hydroxyl groups is 2. The summed E-state index contributed by atoms with van der Waals surface area (Å²) in [6, 6.07) is 5.13. The first-order valence-corrected chi connectivity index (χ1v) is 5.66. The van der Waals surface area contributed by atoms with Gasteiger partial charge in [0, 0.05) is 37.3 Å². The highest BCUT2D eigenvalue weighted by atomic mass is 19.1. The number of benzene rings is 1. The van der Waals surface area contributed by atoms with Gasteiger partial charge in [-0.1, -0.05) is 18.2 Å². The third-order valence-electron chi connectivity index (χ3n) is 3.11. The molecule has 2 rings (SSSR count). The number of aliphatic hydroxyl groups excluding tert-OH is 2. The first-order chi connectivity index (χ1) is 8.11. The number of likely N-dealkylation sites (tertiary alicyclic amines) is 1. The van der Waals surface area contributed by atoms with Crippen LogP contribution >= 0.6 is 0 Å². The molecule has 0 radical (unpaired) electrons. The molecule has 0 spiro atoms. The predicted molar refractivity (Wildman–Crippen MR) is 61.6 cm³/mol. The largest absolute Gasteiger partial charge is 0.389 e. The van der Waals surface area contributed by atoms with Gasteiger partial charge in [0.25, 0.3) is 0 Å². The summed E-state index contributed by atoms with van der Waals surface area (Å²) in [7, 11) is 0. The highest BCUT2D eigenvalue weighted by molar-refractivity contribution is 5.26. The van der Waals surface area contributed by atoms with E-state index in [1.54, 1.807) is 18.2 Å². The lowest BCUT2D eigenvalue weighted by Crippen LogP contribution is -2.22. The third-order valence-corrected chi connectivity index (χ3v) is 3.11. The van der Waals surface area contributed by atoms with Crippen molar-refractivity contribution in [2.75, 3.05) is 13.1 Å². The number of hydrogen-bond acceptors (Lipinski definition) is 4. The fourth-order valence-electron chi connectivity index (χ4n) is 2.13. The van der Waals surface area contributed by atoms with Crippen molar-refractivity contribution >= 4 is 0 Å². The Balaban J connectivity index is 2.09. The number of hydrogen-bond donors (Lipinski definition) is 3. The first-order valence-electron chi connectivity index (χ1n) is 5.66. The highest BCUT2D eigenvalue weighted by Crippen LogP contribution is 2.18. The van der Waals surface area contributed by atoms with Gasteiger partial charge < -0.3 is 15.9 Å². The summed E-state index contributed by atoms with van der Waals surface area (Å²) in [4.78, 5) is 1.83. The fraction of sp³-hybridized carbons (Fsp3) is 0.500. The summed E-state index contributed by atoms with van der Waals surface area (Å²) in [5, 5.41) is 18.8. The van der Waals surface area contributed by atoms with Crippen LogP contribution in [0.3, 0.4) is 0 Å². The summed E-state index contributed by atoms with van der Waals surface area (Å²) < 4.78 is 13.9. The Kier molecular flexibility index (Phi) is 3.73. The summed E-state index contributed by atoms with van der Waals surface area (Å²) in [6.07, 6.45) is -1.48. The van der Waals surface area contributed by atoms with Crippen LogP contribution in [0.1, 0.15) is 11.1 Å². The molecule has 0 saturated carbocycles. The number of rotatable bonds is 3. The smallest absolute Gasteiger partial charge is 0.132 e. The minimum Gasteiger partial charge on any atom is -0.389 e. The zero-order valence-electron chi connectivity index (χ0n) is 9.51. The topological polar surface area (TPSA) is 69.7 Å². The Hall–Kier alpha value is -1.01. The SMILES string of the molecule is NCc1cccc(CN2CC(O)C(O)C2)c1F. The lowest BCUT2D eigenvalue weighted by molar-refractivity contribution is 0.0572. The van der Waals surface area contributed by atoms with E-state index in [2.05, 4.69) is 0 Å². The van der Waals surface area contributed by atoms with Crippen LogP contribution in [0, 0.1) is 5.82 Å². The lowest BCUT2D eigenvalue weighted by atomic mass is 10.1. The van der Waals surface area contributed by atoms with Crippen LogP contribution < -0.4 is 5.73 Å². The van der Waals surface area contributed by atoms with Crippen molar-refractivity contribution in [1.82, 2.24) is 4.90 Å². The van der Waals surface area contributed by atoms with Gasteiger partial charge in [-0.05, 0) is 0 Å². The van der Waals surface area contributed by atoms with Crippen LogP contribution in [0.5, 0.6) is 0 Å². The van der Waals surface area contributed by atoms with Crippen molar-refractivity contribution in [2.45, 2.75) is 25.3 Å². The Bertz CT molecular complexity index is 390. The second-order valence-electron chi connectivity index (χ2n) is 4.42. The summed E-state index contributed by atoms with van der Waals surface area (Å²) in [5.74, 6) is -0.286. The van der Waals surface area contributed by atoms with E-state index in [4.69, 9.17) is 5.73 Å². The maximum Gasteiger partial charge on any atom is 0.132 e. The molecule has 0 bridgehead atoms. The molecule has 1 fully saturated rings. The molecule has 4 nitrogen and oxygen atoms in total. The van der Waals surface area contributed by atoms with Gasteiger partial charge >= 0.3 is 0 Å². The van der Waals surface area contributed by atoms with Crippen LogP contribution in [0.4, 0.5) is 4.39 Å². The van der Waals surface area contributed by atoms with Crippen molar-refractivity contribution in [1.29, 1.82) is 0 Å². The number of β-amino-alcohol motifs (C(OH)–C–C–N with tert-alkyl or cyclic N) is 2.